The molecule has 0 saturated carbocycles. The molecule has 1 aliphatic heterocycles. The molecule has 1 aliphatic rings. The SMILES string of the molecule is CC(O)C1CCN(Cc2nc3c(cnn3-c3ccccc3)c(=O)[nH]2)C1. The number of fused-ring (bicyclic) bond motifs is 1. The molecule has 2 unspecified atom stereocenters. The van der Waals surface area contributed by atoms with Crippen molar-refractivity contribution in [2.75, 3.05) is 13.1 Å². The van der Waals surface area contributed by atoms with Crippen molar-refractivity contribution in [3.05, 3.63) is 52.7 Å². The van der Waals surface area contributed by atoms with Gasteiger partial charge in [-0.1, -0.05) is 18.2 Å². The van der Waals surface area contributed by atoms with Gasteiger partial charge in [0.2, 0.25) is 0 Å². The lowest BCUT2D eigenvalue weighted by Gasteiger charge is -2.16. The maximum Gasteiger partial charge on any atom is 0.262 e. The molecule has 2 atom stereocenters. The van der Waals surface area contributed by atoms with Gasteiger partial charge in [0, 0.05) is 6.54 Å². The van der Waals surface area contributed by atoms with Gasteiger partial charge in [-0.25, -0.2) is 9.67 Å². The van der Waals surface area contributed by atoms with Crippen molar-refractivity contribution in [3.63, 3.8) is 0 Å². The van der Waals surface area contributed by atoms with Gasteiger partial charge in [-0.3, -0.25) is 9.69 Å². The Morgan fingerprint density at radius 2 is 2.16 bits per heavy atom. The van der Waals surface area contributed by atoms with Crippen molar-refractivity contribution < 1.29 is 5.11 Å². The Morgan fingerprint density at radius 3 is 2.88 bits per heavy atom. The Kier molecular flexibility index (Phi) is 4.10. The van der Waals surface area contributed by atoms with Crippen molar-refractivity contribution in [2.24, 2.45) is 5.92 Å². The highest BCUT2D eigenvalue weighted by Gasteiger charge is 2.26. The lowest BCUT2D eigenvalue weighted by Crippen LogP contribution is -2.26. The molecular formula is C18H21N5O2. The highest BCUT2D eigenvalue weighted by atomic mass is 16.3. The van der Waals surface area contributed by atoms with E-state index in [1.54, 1.807) is 10.9 Å². The van der Waals surface area contributed by atoms with Crippen LogP contribution in [0.2, 0.25) is 0 Å². The van der Waals surface area contributed by atoms with Gasteiger partial charge in [-0.2, -0.15) is 5.10 Å². The number of likely N-dealkylation sites (tertiary alicyclic amines) is 1. The molecule has 2 aromatic heterocycles. The molecule has 0 bridgehead atoms. The van der Waals surface area contributed by atoms with Gasteiger partial charge in [-0.15, -0.1) is 0 Å². The summed E-state index contributed by atoms with van der Waals surface area (Å²) in [5, 5.41) is 14.5. The number of hydrogen-bond donors (Lipinski definition) is 2. The normalized spacial score (nSPS) is 19.5. The van der Waals surface area contributed by atoms with E-state index in [0.29, 0.717) is 23.4 Å². The second-order valence-corrected chi connectivity index (χ2v) is 6.67. The number of benzene rings is 1. The van der Waals surface area contributed by atoms with Crippen LogP contribution in [0.4, 0.5) is 0 Å². The van der Waals surface area contributed by atoms with Gasteiger partial charge in [0.1, 0.15) is 11.2 Å². The molecule has 0 aliphatic carbocycles. The van der Waals surface area contributed by atoms with Crippen LogP contribution in [0.25, 0.3) is 16.7 Å². The zero-order valence-electron chi connectivity index (χ0n) is 14.1. The number of nitrogens with one attached hydrogen (secondary N) is 1. The Balaban J connectivity index is 1.66. The van der Waals surface area contributed by atoms with Gasteiger partial charge in [0.05, 0.1) is 24.5 Å². The van der Waals surface area contributed by atoms with Crippen LogP contribution in [-0.4, -0.2) is 48.9 Å². The van der Waals surface area contributed by atoms with Crippen LogP contribution in [-0.2, 0) is 6.54 Å². The summed E-state index contributed by atoms with van der Waals surface area (Å²) in [6.07, 6.45) is 2.21. The molecular weight excluding hydrogens is 318 g/mol. The Morgan fingerprint density at radius 1 is 1.36 bits per heavy atom. The predicted octanol–water partition coefficient (Wildman–Crippen LogP) is 1.31. The van der Waals surface area contributed by atoms with Gasteiger partial charge in [-0.05, 0) is 37.9 Å². The third-order valence-corrected chi connectivity index (χ3v) is 4.85. The summed E-state index contributed by atoms with van der Waals surface area (Å²) < 4.78 is 1.69. The minimum absolute atomic E-state index is 0.173. The minimum Gasteiger partial charge on any atom is -0.393 e. The molecule has 7 heteroatoms. The van der Waals surface area contributed by atoms with E-state index in [-0.39, 0.29) is 17.6 Å². The van der Waals surface area contributed by atoms with Crippen LogP contribution in [0.3, 0.4) is 0 Å². The average Bonchev–Trinajstić information content (AvgIpc) is 3.23. The van der Waals surface area contributed by atoms with Crippen molar-refractivity contribution in [1.82, 2.24) is 24.6 Å². The molecule has 3 aromatic rings. The zero-order chi connectivity index (χ0) is 17.4. The molecule has 7 nitrogen and oxygen atoms in total. The molecule has 3 heterocycles. The van der Waals surface area contributed by atoms with Crippen LogP contribution in [0.5, 0.6) is 0 Å². The molecule has 130 valence electrons. The largest absolute Gasteiger partial charge is 0.393 e. The third kappa shape index (κ3) is 3.08. The van der Waals surface area contributed by atoms with E-state index in [1.165, 1.54) is 0 Å². The van der Waals surface area contributed by atoms with E-state index in [4.69, 9.17) is 0 Å². The quantitative estimate of drug-likeness (QED) is 0.748. The van der Waals surface area contributed by atoms with Gasteiger partial charge >= 0.3 is 0 Å². The topological polar surface area (TPSA) is 87.0 Å². The average molecular weight is 339 g/mol. The molecule has 4 rings (SSSR count). The van der Waals surface area contributed by atoms with Crippen LogP contribution in [0.15, 0.2) is 41.3 Å². The number of nitrogens with zero attached hydrogens (tertiary/aromatic N) is 4. The Hall–Kier alpha value is -2.51. The fourth-order valence-electron chi connectivity index (χ4n) is 3.41. The first kappa shape index (κ1) is 16.0. The fourth-order valence-corrected chi connectivity index (χ4v) is 3.41. The Labute approximate surface area is 144 Å². The molecule has 0 spiro atoms. The molecule has 2 N–H and O–H groups in total. The monoisotopic (exact) mass is 339 g/mol. The summed E-state index contributed by atoms with van der Waals surface area (Å²) in [6, 6.07) is 9.66. The van der Waals surface area contributed by atoms with Crippen molar-refractivity contribution in [3.8, 4) is 5.69 Å². The summed E-state index contributed by atoms with van der Waals surface area (Å²) in [6.45, 7) is 4.11. The molecule has 25 heavy (non-hydrogen) atoms. The molecule has 1 aromatic carbocycles. The first-order chi connectivity index (χ1) is 12.1. The highest BCUT2D eigenvalue weighted by Crippen LogP contribution is 2.21. The number of aliphatic hydroxyl groups excluding tert-OH is 1. The fraction of sp³-hybridized carbons (Fsp3) is 0.389. The van der Waals surface area contributed by atoms with Crippen molar-refractivity contribution in [2.45, 2.75) is 26.0 Å². The first-order valence-electron chi connectivity index (χ1n) is 8.54. The number of aliphatic hydroxyl groups is 1. The Bertz CT molecular complexity index is 932. The van der Waals surface area contributed by atoms with E-state index in [9.17, 15) is 9.90 Å². The van der Waals surface area contributed by atoms with Crippen LogP contribution in [0, 0.1) is 5.92 Å². The minimum atomic E-state index is -0.306. The maximum atomic E-state index is 12.4. The maximum absolute atomic E-state index is 12.4. The first-order valence-corrected chi connectivity index (χ1v) is 8.54. The van der Waals surface area contributed by atoms with Crippen molar-refractivity contribution >= 4 is 11.0 Å². The summed E-state index contributed by atoms with van der Waals surface area (Å²) in [5.74, 6) is 0.909. The lowest BCUT2D eigenvalue weighted by molar-refractivity contribution is 0.127. The lowest BCUT2D eigenvalue weighted by atomic mass is 10.0. The van der Waals surface area contributed by atoms with E-state index >= 15 is 0 Å². The molecule has 0 amide bonds. The number of aromatic nitrogens is 4. The standard InChI is InChI=1S/C18H21N5O2/c1-12(24)13-7-8-22(10-13)11-16-20-17-15(18(25)21-16)9-19-23(17)14-5-3-2-4-6-14/h2-6,9,12-13,24H,7-8,10-11H2,1H3,(H,20,21,25). The number of H-pyrrole nitrogens is 1. The van der Waals surface area contributed by atoms with Crippen molar-refractivity contribution in [1.29, 1.82) is 0 Å². The summed E-state index contributed by atoms with van der Waals surface area (Å²) in [5.41, 5.74) is 1.27. The highest BCUT2D eigenvalue weighted by molar-refractivity contribution is 5.75. The van der Waals surface area contributed by atoms with E-state index in [1.807, 2.05) is 37.3 Å². The molecule has 1 fully saturated rings. The number of aromatic amines is 1. The number of hydrogen-bond acceptors (Lipinski definition) is 5. The second-order valence-electron chi connectivity index (χ2n) is 6.67. The second kappa shape index (κ2) is 6.42. The van der Waals surface area contributed by atoms with E-state index in [0.717, 1.165) is 25.2 Å². The third-order valence-electron chi connectivity index (χ3n) is 4.85. The van der Waals surface area contributed by atoms with E-state index in [2.05, 4.69) is 20.0 Å². The van der Waals surface area contributed by atoms with Gasteiger partial charge in [0.25, 0.3) is 5.56 Å². The molecule has 1 saturated heterocycles. The van der Waals surface area contributed by atoms with Gasteiger partial charge < -0.3 is 10.1 Å². The number of para-hydroxylation sites is 1. The van der Waals surface area contributed by atoms with Crippen LogP contribution >= 0.6 is 0 Å². The zero-order valence-corrected chi connectivity index (χ0v) is 14.1. The summed E-state index contributed by atoms with van der Waals surface area (Å²) >= 11 is 0. The van der Waals surface area contributed by atoms with Crippen LogP contribution < -0.4 is 5.56 Å². The van der Waals surface area contributed by atoms with E-state index < -0.39 is 0 Å². The summed E-state index contributed by atoms with van der Waals surface area (Å²) in [4.78, 5) is 22.1. The number of rotatable bonds is 4. The van der Waals surface area contributed by atoms with Crippen LogP contribution in [0.1, 0.15) is 19.2 Å². The summed E-state index contributed by atoms with van der Waals surface area (Å²) in [7, 11) is 0. The predicted molar refractivity (Wildman–Crippen MR) is 94.6 cm³/mol. The molecule has 0 radical (unpaired) electrons. The van der Waals surface area contributed by atoms with Gasteiger partial charge in [0.15, 0.2) is 5.65 Å². The smallest absolute Gasteiger partial charge is 0.262 e.